The number of imidazole rings is 1. The maximum atomic E-state index is 13.1. The predicted octanol–water partition coefficient (Wildman–Crippen LogP) is 3.24. The molecule has 1 aliphatic heterocycles. The third-order valence-electron chi connectivity index (χ3n) is 5.32. The van der Waals surface area contributed by atoms with Crippen LogP contribution >= 0.6 is 11.8 Å². The van der Waals surface area contributed by atoms with Crippen molar-refractivity contribution in [2.75, 3.05) is 23.8 Å². The molecule has 9 heteroatoms. The first-order valence-corrected chi connectivity index (χ1v) is 11.2. The summed E-state index contributed by atoms with van der Waals surface area (Å²) in [6.45, 7) is 4.94. The highest BCUT2D eigenvalue weighted by Crippen LogP contribution is 2.33. The molecular weight excluding hydrogens is 426 g/mol. The van der Waals surface area contributed by atoms with E-state index in [1.165, 1.54) is 18.1 Å². The molecule has 0 unspecified atom stereocenters. The van der Waals surface area contributed by atoms with E-state index < -0.39 is 0 Å². The van der Waals surface area contributed by atoms with Gasteiger partial charge in [0.2, 0.25) is 5.91 Å². The van der Waals surface area contributed by atoms with Gasteiger partial charge in [0.15, 0.2) is 16.3 Å². The first-order chi connectivity index (χ1) is 15.5. The van der Waals surface area contributed by atoms with Gasteiger partial charge in [-0.1, -0.05) is 35.5 Å². The highest BCUT2D eigenvalue weighted by atomic mass is 32.2. The molecule has 0 radical (unpaired) electrons. The van der Waals surface area contributed by atoms with E-state index in [1.807, 2.05) is 60.9 Å². The number of amides is 1. The number of fused-ring (bicyclic) bond motifs is 2. The molecule has 0 saturated carbocycles. The Balaban J connectivity index is 1.48. The Kier molecular flexibility index (Phi) is 5.18. The van der Waals surface area contributed by atoms with Crippen LogP contribution in [0.5, 0.6) is 5.75 Å². The monoisotopic (exact) mass is 447 g/mol. The van der Waals surface area contributed by atoms with Gasteiger partial charge < -0.3 is 14.6 Å². The highest BCUT2D eigenvalue weighted by Gasteiger charge is 2.25. The molecule has 4 aromatic rings. The summed E-state index contributed by atoms with van der Waals surface area (Å²) in [5.74, 6) is 0.831. The van der Waals surface area contributed by atoms with Gasteiger partial charge in [-0.05, 0) is 43.7 Å². The zero-order chi connectivity index (χ0) is 22.2. The zero-order valence-corrected chi connectivity index (χ0v) is 18.5. The summed E-state index contributed by atoms with van der Waals surface area (Å²) in [5, 5.41) is 0.541. The molecule has 0 fully saturated rings. The maximum Gasteiger partial charge on any atom is 0.278 e. The average Bonchev–Trinajstić information content (AvgIpc) is 3.17. The summed E-state index contributed by atoms with van der Waals surface area (Å²) < 4.78 is 7.52. The zero-order valence-electron chi connectivity index (χ0n) is 17.7. The molecule has 1 N–H and O–H groups in total. The molecule has 0 saturated heterocycles. The lowest BCUT2D eigenvalue weighted by Crippen LogP contribution is -2.39. The van der Waals surface area contributed by atoms with E-state index in [1.54, 1.807) is 4.90 Å². The smallest absolute Gasteiger partial charge is 0.278 e. The van der Waals surface area contributed by atoms with E-state index >= 15 is 0 Å². The van der Waals surface area contributed by atoms with Gasteiger partial charge in [0.25, 0.3) is 5.56 Å². The first-order valence-electron chi connectivity index (χ1n) is 10.2. The molecule has 1 amide bonds. The van der Waals surface area contributed by atoms with Crippen LogP contribution in [-0.4, -0.2) is 44.3 Å². The van der Waals surface area contributed by atoms with Crippen LogP contribution in [0.2, 0.25) is 0 Å². The van der Waals surface area contributed by atoms with Crippen LogP contribution in [-0.2, 0) is 4.79 Å². The summed E-state index contributed by atoms with van der Waals surface area (Å²) in [5.41, 5.74) is 4.19. The number of carbonyl (C=O) groups is 1. The number of thioether (sulfide) groups is 1. The normalized spacial score (nSPS) is 13.1. The van der Waals surface area contributed by atoms with Gasteiger partial charge in [0.1, 0.15) is 12.4 Å². The number of nitrogens with zero attached hydrogens (tertiary/aromatic N) is 4. The molecule has 1 aliphatic rings. The minimum Gasteiger partial charge on any atom is -0.490 e. The lowest BCUT2D eigenvalue weighted by molar-refractivity contribution is -0.116. The van der Waals surface area contributed by atoms with Crippen molar-refractivity contribution in [2.45, 2.75) is 19.0 Å². The fraction of sp³-hybridized carbons (Fsp3) is 0.217. The second kappa shape index (κ2) is 8.16. The minimum absolute atomic E-state index is 0.0467. The van der Waals surface area contributed by atoms with Gasteiger partial charge in [-0.2, -0.15) is 0 Å². The predicted molar refractivity (Wildman–Crippen MR) is 124 cm³/mol. The number of ether oxygens (including phenoxy) is 1. The van der Waals surface area contributed by atoms with E-state index in [0.717, 1.165) is 22.5 Å². The average molecular weight is 448 g/mol. The molecule has 2 aromatic heterocycles. The summed E-state index contributed by atoms with van der Waals surface area (Å²) >= 11 is 1.29. The van der Waals surface area contributed by atoms with Crippen molar-refractivity contribution in [2.24, 2.45) is 0 Å². The maximum absolute atomic E-state index is 13.1. The van der Waals surface area contributed by atoms with Gasteiger partial charge >= 0.3 is 0 Å². The van der Waals surface area contributed by atoms with E-state index in [9.17, 15) is 9.59 Å². The number of hydrogen-bond acceptors (Lipinski definition) is 6. The van der Waals surface area contributed by atoms with Crippen molar-refractivity contribution >= 4 is 34.5 Å². The Labute approximate surface area is 188 Å². The Morgan fingerprint density at radius 2 is 1.94 bits per heavy atom. The Hall–Kier alpha value is -3.59. The summed E-state index contributed by atoms with van der Waals surface area (Å²) in [7, 11) is 0. The minimum atomic E-state index is -0.313. The van der Waals surface area contributed by atoms with Crippen molar-refractivity contribution < 1.29 is 9.53 Å². The molecule has 0 aliphatic carbocycles. The van der Waals surface area contributed by atoms with Crippen LogP contribution in [0.1, 0.15) is 11.1 Å². The van der Waals surface area contributed by atoms with Crippen LogP contribution in [0.3, 0.4) is 0 Å². The van der Waals surface area contributed by atoms with Crippen molar-refractivity contribution in [3.63, 3.8) is 0 Å². The molecule has 8 nitrogen and oxygen atoms in total. The van der Waals surface area contributed by atoms with Crippen LogP contribution in [0, 0.1) is 13.8 Å². The second-order valence-corrected chi connectivity index (χ2v) is 8.57. The van der Waals surface area contributed by atoms with Gasteiger partial charge in [-0.15, -0.1) is 0 Å². The number of hydrogen-bond donors (Lipinski definition) is 1. The van der Waals surface area contributed by atoms with Crippen LogP contribution in [0.4, 0.5) is 5.69 Å². The molecule has 2 aromatic carbocycles. The van der Waals surface area contributed by atoms with Crippen LogP contribution < -0.4 is 15.2 Å². The number of aromatic nitrogens is 4. The number of benzene rings is 2. The summed E-state index contributed by atoms with van der Waals surface area (Å²) in [4.78, 5) is 38.6. The quantitative estimate of drug-likeness (QED) is 0.483. The van der Waals surface area contributed by atoms with E-state index in [4.69, 9.17) is 4.74 Å². The van der Waals surface area contributed by atoms with E-state index in [0.29, 0.717) is 29.7 Å². The molecule has 0 spiro atoms. The molecular formula is C23H21N5O3S. The number of aryl methyl sites for hydroxylation is 2. The van der Waals surface area contributed by atoms with E-state index in [-0.39, 0.29) is 22.7 Å². The van der Waals surface area contributed by atoms with Crippen molar-refractivity contribution in [3.05, 3.63) is 70.3 Å². The van der Waals surface area contributed by atoms with Crippen LogP contribution in [0.15, 0.2) is 58.7 Å². The Morgan fingerprint density at radius 1 is 1.16 bits per heavy atom. The van der Waals surface area contributed by atoms with Crippen molar-refractivity contribution in [1.82, 2.24) is 19.5 Å². The fourth-order valence-corrected chi connectivity index (χ4v) is 4.58. The number of nitrogens with one attached hydrogen (secondary N) is 1. The third-order valence-corrected chi connectivity index (χ3v) is 6.24. The number of carbonyl (C=O) groups excluding carboxylic acids is 1. The molecule has 5 rings (SSSR count). The summed E-state index contributed by atoms with van der Waals surface area (Å²) in [6.07, 6.45) is 1.36. The van der Waals surface area contributed by atoms with Gasteiger partial charge in [-0.25, -0.2) is 9.97 Å². The summed E-state index contributed by atoms with van der Waals surface area (Å²) in [6, 6.07) is 13.7. The highest BCUT2D eigenvalue weighted by molar-refractivity contribution is 7.99. The standard InChI is InChI=1S/C23H21N5O3S/c1-14-3-6-16(7-4-14)28-21-20(22(30)25-13-24-21)26-23(28)32-12-19(29)27-9-10-31-18-8-5-15(2)11-17(18)27/h3-8,11,13H,9-10,12H2,1-2H3,(H,24,25,30). The van der Waals surface area contributed by atoms with Crippen LogP contribution in [0.25, 0.3) is 16.9 Å². The van der Waals surface area contributed by atoms with Gasteiger partial charge in [-0.3, -0.25) is 14.2 Å². The molecule has 162 valence electrons. The molecule has 0 bridgehead atoms. The van der Waals surface area contributed by atoms with Gasteiger partial charge in [0.05, 0.1) is 24.3 Å². The van der Waals surface area contributed by atoms with Crippen molar-refractivity contribution in [3.8, 4) is 11.4 Å². The lowest BCUT2D eigenvalue weighted by Gasteiger charge is -2.29. The first kappa shape index (κ1) is 20.3. The molecule has 3 heterocycles. The third kappa shape index (κ3) is 3.64. The number of H-pyrrole nitrogens is 1. The second-order valence-electron chi connectivity index (χ2n) is 7.62. The molecule has 32 heavy (non-hydrogen) atoms. The van der Waals surface area contributed by atoms with E-state index in [2.05, 4.69) is 15.0 Å². The largest absolute Gasteiger partial charge is 0.490 e. The topological polar surface area (TPSA) is 93.1 Å². The Bertz CT molecular complexity index is 1380. The van der Waals surface area contributed by atoms with Gasteiger partial charge in [0, 0.05) is 5.69 Å². The molecule has 0 atom stereocenters. The number of anilines is 1. The van der Waals surface area contributed by atoms with Crippen molar-refractivity contribution in [1.29, 1.82) is 0 Å². The SMILES string of the molecule is Cc1ccc(-n2c(SCC(=O)N3CCOc4ccc(C)cc43)nc3c(=O)[nH]cnc32)cc1. The fourth-order valence-electron chi connectivity index (χ4n) is 3.70. The number of aromatic amines is 1. The Morgan fingerprint density at radius 3 is 2.75 bits per heavy atom. The number of rotatable bonds is 4. The lowest BCUT2D eigenvalue weighted by atomic mass is 10.1.